The summed E-state index contributed by atoms with van der Waals surface area (Å²) in [7, 11) is 0. The first kappa shape index (κ1) is 15.6. The number of esters is 2. The normalized spacial score (nSPS) is 16.6. The first-order valence-corrected chi connectivity index (χ1v) is 6.47. The second-order valence-corrected chi connectivity index (χ2v) is 5.16. The highest BCUT2D eigenvalue weighted by atomic mass is 16.7. The molecule has 1 aromatic rings. The van der Waals surface area contributed by atoms with E-state index in [0.29, 0.717) is 11.3 Å². The number of rotatable bonds is 3. The fraction of sp³-hybridized carbons (Fsp3) is 0.267. The Morgan fingerprint density at radius 1 is 1.23 bits per heavy atom. The first-order valence-electron chi connectivity index (χ1n) is 6.47. The third-order valence-corrected chi connectivity index (χ3v) is 3.05. The largest absolute Gasteiger partial charge is 0.478 e. The number of anilines is 1. The van der Waals surface area contributed by atoms with Crippen LogP contribution in [0.1, 0.15) is 29.8 Å². The minimum Gasteiger partial charge on any atom is -0.478 e. The number of hydrogen-bond acceptors (Lipinski definition) is 6. The Labute approximate surface area is 126 Å². The first-order chi connectivity index (χ1) is 10.2. The summed E-state index contributed by atoms with van der Waals surface area (Å²) in [5.74, 6) is -3.97. The van der Waals surface area contributed by atoms with E-state index in [2.05, 4.69) is 5.32 Å². The maximum atomic E-state index is 11.8. The average molecular weight is 305 g/mol. The Morgan fingerprint density at radius 2 is 1.82 bits per heavy atom. The molecule has 1 aliphatic heterocycles. The molecule has 0 aromatic heterocycles. The summed E-state index contributed by atoms with van der Waals surface area (Å²) in [5, 5.41) is 11.8. The lowest BCUT2D eigenvalue weighted by Crippen LogP contribution is -2.42. The summed E-state index contributed by atoms with van der Waals surface area (Å²) in [6.45, 7) is 4.52. The number of carboxylic acids is 1. The van der Waals surface area contributed by atoms with Crippen LogP contribution in [0.2, 0.25) is 0 Å². The van der Waals surface area contributed by atoms with E-state index in [0.717, 1.165) is 6.20 Å². The highest BCUT2D eigenvalue weighted by Crippen LogP contribution is 2.24. The number of hydrogen-bond donors (Lipinski definition) is 2. The van der Waals surface area contributed by atoms with Crippen LogP contribution in [0.3, 0.4) is 0 Å². The van der Waals surface area contributed by atoms with Gasteiger partial charge >= 0.3 is 17.9 Å². The van der Waals surface area contributed by atoms with Gasteiger partial charge in [0.2, 0.25) is 0 Å². The number of carbonyl (C=O) groups excluding carboxylic acids is 2. The van der Waals surface area contributed by atoms with Gasteiger partial charge in [0.1, 0.15) is 0 Å². The molecule has 0 saturated carbocycles. The van der Waals surface area contributed by atoms with Crippen LogP contribution >= 0.6 is 0 Å². The summed E-state index contributed by atoms with van der Waals surface area (Å²) >= 11 is 0. The van der Waals surface area contributed by atoms with Crippen molar-refractivity contribution in [2.45, 2.75) is 26.6 Å². The van der Waals surface area contributed by atoms with Gasteiger partial charge in [-0.1, -0.05) is 6.07 Å². The molecule has 0 atom stereocenters. The maximum Gasteiger partial charge on any atom is 0.350 e. The number of carbonyl (C=O) groups is 3. The zero-order chi connectivity index (χ0) is 16.5. The smallest absolute Gasteiger partial charge is 0.350 e. The second-order valence-electron chi connectivity index (χ2n) is 5.16. The van der Waals surface area contributed by atoms with Crippen LogP contribution in [0, 0.1) is 6.92 Å². The van der Waals surface area contributed by atoms with E-state index in [-0.39, 0.29) is 11.1 Å². The molecule has 22 heavy (non-hydrogen) atoms. The number of aromatic carboxylic acids is 1. The number of ether oxygens (including phenoxy) is 2. The Balaban J connectivity index is 2.26. The van der Waals surface area contributed by atoms with Crippen molar-refractivity contribution >= 4 is 23.6 Å². The monoisotopic (exact) mass is 305 g/mol. The van der Waals surface area contributed by atoms with Gasteiger partial charge in [0.15, 0.2) is 5.57 Å². The molecule has 0 spiro atoms. The standard InChI is InChI=1S/C15H15NO6/c1-8-9(12(17)18)5-4-6-11(8)16-7-10-13(19)21-15(2,3)22-14(10)20/h4-7,16H,1-3H3,(H,17,18). The molecule has 1 heterocycles. The number of nitrogens with one attached hydrogen (secondary N) is 1. The summed E-state index contributed by atoms with van der Waals surface area (Å²) < 4.78 is 9.91. The van der Waals surface area contributed by atoms with Gasteiger partial charge in [-0.2, -0.15) is 0 Å². The van der Waals surface area contributed by atoms with Gasteiger partial charge in [-0.25, -0.2) is 14.4 Å². The number of cyclic esters (lactones) is 2. The average Bonchev–Trinajstić information content (AvgIpc) is 2.37. The van der Waals surface area contributed by atoms with Crippen molar-refractivity contribution in [2.24, 2.45) is 0 Å². The Hall–Kier alpha value is -2.83. The van der Waals surface area contributed by atoms with Crippen molar-refractivity contribution < 1.29 is 29.0 Å². The van der Waals surface area contributed by atoms with Gasteiger partial charge in [-0.3, -0.25) is 0 Å². The lowest BCUT2D eigenvalue weighted by molar-refractivity contribution is -0.222. The Morgan fingerprint density at radius 3 is 2.36 bits per heavy atom. The number of benzene rings is 1. The predicted octanol–water partition coefficient (Wildman–Crippen LogP) is 1.83. The molecule has 7 heteroatoms. The zero-order valence-electron chi connectivity index (χ0n) is 12.3. The van der Waals surface area contributed by atoms with Gasteiger partial charge in [0.05, 0.1) is 5.56 Å². The molecule has 0 radical (unpaired) electrons. The van der Waals surface area contributed by atoms with Crippen LogP contribution in [0.15, 0.2) is 30.0 Å². The number of carboxylic acid groups (broad SMARTS) is 1. The molecule has 2 N–H and O–H groups in total. The SMILES string of the molecule is Cc1c(NC=C2C(=O)OC(C)(C)OC2=O)cccc1C(=O)O. The summed E-state index contributed by atoms with van der Waals surface area (Å²) in [4.78, 5) is 34.6. The van der Waals surface area contributed by atoms with Crippen LogP contribution in [0.4, 0.5) is 5.69 Å². The lowest BCUT2D eigenvalue weighted by atomic mass is 10.1. The van der Waals surface area contributed by atoms with E-state index < -0.39 is 23.7 Å². The van der Waals surface area contributed by atoms with E-state index in [1.165, 1.54) is 19.9 Å². The fourth-order valence-electron chi connectivity index (χ4n) is 1.95. The molecule has 0 bridgehead atoms. The van der Waals surface area contributed by atoms with Gasteiger partial charge in [-0.15, -0.1) is 0 Å². The summed E-state index contributed by atoms with van der Waals surface area (Å²) in [5.41, 5.74) is 0.764. The maximum absolute atomic E-state index is 11.8. The highest BCUT2D eigenvalue weighted by molar-refractivity contribution is 6.15. The molecule has 1 fully saturated rings. The molecule has 2 rings (SSSR count). The van der Waals surface area contributed by atoms with Crippen LogP contribution in [-0.4, -0.2) is 28.8 Å². The summed E-state index contributed by atoms with van der Waals surface area (Å²) in [6, 6.07) is 4.64. The van der Waals surface area contributed by atoms with Gasteiger partial charge < -0.3 is 19.9 Å². The molecule has 7 nitrogen and oxygen atoms in total. The van der Waals surface area contributed by atoms with Crippen molar-refractivity contribution in [3.05, 3.63) is 41.1 Å². The van der Waals surface area contributed by atoms with E-state index in [4.69, 9.17) is 14.6 Å². The molecule has 0 amide bonds. The van der Waals surface area contributed by atoms with E-state index in [1.54, 1.807) is 19.1 Å². The topological polar surface area (TPSA) is 102 Å². The molecule has 0 unspecified atom stereocenters. The Kier molecular flexibility index (Phi) is 3.90. The highest BCUT2D eigenvalue weighted by Gasteiger charge is 2.38. The lowest BCUT2D eigenvalue weighted by Gasteiger charge is -2.29. The van der Waals surface area contributed by atoms with Crippen LogP contribution in [-0.2, 0) is 19.1 Å². The molecular weight excluding hydrogens is 290 g/mol. The minimum atomic E-state index is -1.30. The fourth-order valence-corrected chi connectivity index (χ4v) is 1.95. The van der Waals surface area contributed by atoms with Crippen LogP contribution in [0.25, 0.3) is 0 Å². The quantitative estimate of drug-likeness (QED) is 0.499. The molecule has 1 aliphatic rings. The molecule has 1 aromatic carbocycles. The van der Waals surface area contributed by atoms with Gasteiger partial charge in [0.25, 0.3) is 5.79 Å². The van der Waals surface area contributed by atoms with Crippen molar-refractivity contribution in [3.63, 3.8) is 0 Å². The van der Waals surface area contributed by atoms with Crippen molar-refractivity contribution in [1.82, 2.24) is 0 Å². The Bertz CT molecular complexity index is 667. The molecular formula is C15H15NO6. The van der Waals surface area contributed by atoms with Crippen molar-refractivity contribution in [3.8, 4) is 0 Å². The van der Waals surface area contributed by atoms with E-state index in [1.807, 2.05) is 0 Å². The molecule has 116 valence electrons. The van der Waals surface area contributed by atoms with E-state index in [9.17, 15) is 14.4 Å². The van der Waals surface area contributed by atoms with Crippen molar-refractivity contribution in [2.75, 3.05) is 5.32 Å². The van der Waals surface area contributed by atoms with Crippen LogP contribution < -0.4 is 5.32 Å². The molecule has 1 saturated heterocycles. The summed E-state index contributed by atoms with van der Waals surface area (Å²) in [6.07, 6.45) is 1.15. The van der Waals surface area contributed by atoms with E-state index >= 15 is 0 Å². The minimum absolute atomic E-state index is 0.123. The third kappa shape index (κ3) is 3.08. The zero-order valence-corrected chi connectivity index (χ0v) is 12.3. The van der Waals surface area contributed by atoms with Gasteiger partial charge in [-0.05, 0) is 24.6 Å². The van der Waals surface area contributed by atoms with Gasteiger partial charge in [0, 0.05) is 25.7 Å². The van der Waals surface area contributed by atoms with Crippen LogP contribution in [0.5, 0.6) is 0 Å². The second kappa shape index (κ2) is 5.51. The van der Waals surface area contributed by atoms with Crippen molar-refractivity contribution in [1.29, 1.82) is 0 Å². The predicted molar refractivity (Wildman–Crippen MR) is 76.1 cm³/mol. The molecule has 0 aliphatic carbocycles. The third-order valence-electron chi connectivity index (χ3n) is 3.05.